The van der Waals surface area contributed by atoms with Gasteiger partial charge in [-0.3, -0.25) is 0 Å². The summed E-state index contributed by atoms with van der Waals surface area (Å²) in [4.78, 5) is 2.21. The van der Waals surface area contributed by atoms with Crippen molar-refractivity contribution in [3.63, 3.8) is 0 Å². The van der Waals surface area contributed by atoms with E-state index in [-0.39, 0.29) is 0 Å². The minimum atomic E-state index is 0.293. The summed E-state index contributed by atoms with van der Waals surface area (Å²) in [5.41, 5.74) is 3.33. The molecule has 0 bridgehead atoms. The second-order valence-corrected chi connectivity index (χ2v) is 5.44. The molecule has 2 nitrogen and oxygen atoms in total. The van der Waals surface area contributed by atoms with Crippen molar-refractivity contribution in [1.82, 2.24) is 4.90 Å². The van der Waals surface area contributed by atoms with Crippen molar-refractivity contribution in [3.05, 3.63) is 57.8 Å². The first-order valence-electron chi connectivity index (χ1n) is 6.38. The number of rotatable bonds is 4. The van der Waals surface area contributed by atoms with Gasteiger partial charge in [-0.15, -0.1) is 6.42 Å². The minimum absolute atomic E-state index is 0.293. The molecule has 0 spiro atoms. The molecular formula is C17H16INO. The second kappa shape index (κ2) is 6.67. The Bertz CT molecular complexity index is 605. The van der Waals surface area contributed by atoms with Crippen molar-refractivity contribution >= 4 is 28.3 Å². The van der Waals surface area contributed by atoms with Crippen LogP contribution in [0.3, 0.4) is 0 Å². The molecule has 1 aromatic carbocycles. The van der Waals surface area contributed by atoms with Gasteiger partial charge in [0.05, 0.1) is 0 Å². The van der Waals surface area contributed by atoms with E-state index < -0.39 is 0 Å². The molecule has 0 aromatic heterocycles. The number of ether oxygens (including phenoxy) is 1. The lowest BCUT2D eigenvalue weighted by molar-refractivity contribution is 0.370. The number of nitrogens with zero attached hydrogens (tertiary/aromatic N) is 1. The van der Waals surface area contributed by atoms with Crippen molar-refractivity contribution in [1.29, 1.82) is 0 Å². The predicted octanol–water partition coefficient (Wildman–Crippen LogP) is 4.21. The van der Waals surface area contributed by atoms with Crippen LogP contribution in [0.4, 0.5) is 0 Å². The largest absolute Gasteiger partial charge is 0.481 e. The summed E-state index contributed by atoms with van der Waals surface area (Å²) in [6.45, 7) is 7.45. The van der Waals surface area contributed by atoms with E-state index in [1.165, 1.54) is 3.58 Å². The smallest absolute Gasteiger partial charge is 0.148 e. The molecule has 1 aromatic rings. The molecule has 0 saturated heterocycles. The van der Waals surface area contributed by atoms with Gasteiger partial charge in [0.25, 0.3) is 0 Å². The van der Waals surface area contributed by atoms with Gasteiger partial charge in [0.15, 0.2) is 0 Å². The molecule has 20 heavy (non-hydrogen) atoms. The van der Waals surface area contributed by atoms with Crippen LogP contribution in [-0.4, -0.2) is 18.1 Å². The molecule has 0 atom stereocenters. The maximum atomic E-state index is 5.39. The third-order valence-electron chi connectivity index (χ3n) is 3.07. The number of halogens is 1. The number of allylic oxidation sites excluding steroid dienone is 3. The Morgan fingerprint density at radius 1 is 1.30 bits per heavy atom. The Balaban J connectivity index is 2.26. The van der Waals surface area contributed by atoms with Crippen molar-refractivity contribution in [3.8, 4) is 18.1 Å². The predicted molar refractivity (Wildman–Crippen MR) is 92.4 cm³/mol. The van der Waals surface area contributed by atoms with Crippen LogP contribution in [0.5, 0.6) is 5.75 Å². The van der Waals surface area contributed by atoms with Crippen LogP contribution in [0.15, 0.2) is 52.3 Å². The molecule has 0 fully saturated rings. The summed E-state index contributed by atoms with van der Waals surface area (Å²) in [6.07, 6.45) is 9.39. The zero-order valence-corrected chi connectivity index (χ0v) is 13.6. The van der Waals surface area contributed by atoms with E-state index in [4.69, 9.17) is 11.2 Å². The molecule has 102 valence electrons. The lowest BCUT2D eigenvalue weighted by Crippen LogP contribution is -2.22. The summed E-state index contributed by atoms with van der Waals surface area (Å²) in [5, 5.41) is 0. The number of terminal acetylenes is 1. The Kier molecular flexibility index (Phi) is 4.91. The van der Waals surface area contributed by atoms with Gasteiger partial charge in [-0.05, 0) is 71.5 Å². The normalized spacial score (nSPS) is 14.4. The molecule has 1 aliphatic rings. The zero-order chi connectivity index (χ0) is 14.5. The van der Waals surface area contributed by atoms with Crippen molar-refractivity contribution in [2.75, 3.05) is 13.2 Å². The second-order valence-electron chi connectivity index (χ2n) is 4.27. The van der Waals surface area contributed by atoms with Crippen LogP contribution in [0.1, 0.15) is 12.5 Å². The van der Waals surface area contributed by atoms with Crippen molar-refractivity contribution in [2.45, 2.75) is 6.92 Å². The van der Waals surface area contributed by atoms with Gasteiger partial charge in [-0.25, -0.2) is 0 Å². The highest BCUT2D eigenvalue weighted by Gasteiger charge is 2.18. The SMILES string of the molecule is C#CCOc1ccc(C2=CC=C(I)C(=C)N2CC)cc1. The Labute approximate surface area is 134 Å². The maximum Gasteiger partial charge on any atom is 0.148 e. The molecule has 0 aliphatic carbocycles. The summed E-state index contributed by atoms with van der Waals surface area (Å²) in [6, 6.07) is 7.96. The van der Waals surface area contributed by atoms with Gasteiger partial charge in [0.1, 0.15) is 12.4 Å². The molecule has 0 unspecified atom stereocenters. The van der Waals surface area contributed by atoms with E-state index in [9.17, 15) is 0 Å². The first-order valence-corrected chi connectivity index (χ1v) is 7.46. The van der Waals surface area contributed by atoms with Crippen LogP contribution >= 0.6 is 22.6 Å². The Hall–Kier alpha value is -1.67. The van der Waals surface area contributed by atoms with E-state index in [0.717, 1.165) is 29.3 Å². The van der Waals surface area contributed by atoms with Gasteiger partial charge >= 0.3 is 0 Å². The quantitative estimate of drug-likeness (QED) is 0.576. The molecule has 3 heteroatoms. The summed E-state index contributed by atoms with van der Waals surface area (Å²) in [5.74, 6) is 3.25. The molecule has 0 radical (unpaired) electrons. The topological polar surface area (TPSA) is 12.5 Å². The monoisotopic (exact) mass is 377 g/mol. The molecule has 0 saturated carbocycles. The van der Waals surface area contributed by atoms with Crippen LogP contribution in [-0.2, 0) is 0 Å². The number of hydrogen-bond donors (Lipinski definition) is 0. The van der Waals surface area contributed by atoms with Gasteiger partial charge in [-0.1, -0.05) is 12.5 Å². The van der Waals surface area contributed by atoms with Gasteiger partial charge in [0, 0.05) is 21.5 Å². The highest BCUT2D eigenvalue weighted by atomic mass is 127. The van der Waals surface area contributed by atoms with E-state index >= 15 is 0 Å². The highest BCUT2D eigenvalue weighted by Crippen LogP contribution is 2.33. The molecule has 1 aliphatic heterocycles. The molecular weight excluding hydrogens is 361 g/mol. The summed E-state index contributed by atoms with van der Waals surface area (Å²) >= 11 is 2.31. The van der Waals surface area contributed by atoms with E-state index in [1.807, 2.05) is 24.3 Å². The fourth-order valence-electron chi connectivity index (χ4n) is 2.07. The minimum Gasteiger partial charge on any atom is -0.481 e. The van der Waals surface area contributed by atoms with E-state index in [0.29, 0.717) is 6.61 Å². The lowest BCUT2D eigenvalue weighted by atomic mass is 10.1. The fourth-order valence-corrected chi connectivity index (χ4v) is 2.54. The van der Waals surface area contributed by atoms with E-state index in [2.05, 4.69) is 59.1 Å². The molecule has 0 amide bonds. The zero-order valence-electron chi connectivity index (χ0n) is 11.4. The number of hydrogen-bond acceptors (Lipinski definition) is 2. The average Bonchev–Trinajstić information content (AvgIpc) is 2.48. The first kappa shape index (κ1) is 14.7. The lowest BCUT2D eigenvalue weighted by Gasteiger charge is -2.30. The number of likely N-dealkylation sites (N-methyl/N-ethyl adjacent to an activating group) is 1. The average molecular weight is 377 g/mol. The maximum absolute atomic E-state index is 5.39. The molecule has 0 N–H and O–H groups in total. The summed E-state index contributed by atoms with van der Waals surface area (Å²) in [7, 11) is 0. The Morgan fingerprint density at radius 2 is 2.00 bits per heavy atom. The van der Waals surface area contributed by atoms with E-state index in [1.54, 1.807) is 0 Å². The van der Waals surface area contributed by atoms with Crippen molar-refractivity contribution in [2.24, 2.45) is 0 Å². The van der Waals surface area contributed by atoms with Gasteiger partial charge in [-0.2, -0.15) is 0 Å². The fraction of sp³-hybridized carbons (Fsp3) is 0.176. The Morgan fingerprint density at radius 3 is 2.60 bits per heavy atom. The summed E-state index contributed by atoms with van der Waals surface area (Å²) < 4.78 is 6.56. The third-order valence-corrected chi connectivity index (χ3v) is 4.05. The van der Waals surface area contributed by atoms with Crippen LogP contribution in [0, 0.1) is 12.3 Å². The van der Waals surface area contributed by atoms with Crippen LogP contribution in [0.25, 0.3) is 5.70 Å². The first-order chi connectivity index (χ1) is 9.67. The van der Waals surface area contributed by atoms with Crippen LogP contribution in [0.2, 0.25) is 0 Å². The molecule has 1 heterocycles. The highest BCUT2D eigenvalue weighted by molar-refractivity contribution is 14.1. The van der Waals surface area contributed by atoms with Gasteiger partial charge < -0.3 is 9.64 Å². The number of benzene rings is 1. The van der Waals surface area contributed by atoms with Crippen LogP contribution < -0.4 is 4.74 Å². The standard InChI is InChI=1S/C17H16INO/c1-4-12-20-15-8-6-14(7-9-15)17-11-10-16(18)13(3)19(17)5-2/h1,6-11H,3,5,12H2,2H3. The third kappa shape index (κ3) is 3.07. The molecule has 2 rings (SSSR count). The van der Waals surface area contributed by atoms with Crippen molar-refractivity contribution < 1.29 is 4.74 Å². The van der Waals surface area contributed by atoms with Gasteiger partial charge in [0.2, 0.25) is 0 Å².